The Morgan fingerprint density at radius 1 is 1.06 bits per heavy atom. The van der Waals surface area contributed by atoms with Crippen molar-refractivity contribution in [2.24, 2.45) is 17.6 Å². The molecule has 1 heteroatoms. The van der Waals surface area contributed by atoms with E-state index in [1.165, 1.54) is 24.8 Å². The number of benzene rings is 1. The highest BCUT2D eigenvalue weighted by Gasteiger charge is 2.49. The molecular formula is C17H27N. The second kappa shape index (κ2) is 5.44. The highest BCUT2D eigenvalue weighted by Crippen LogP contribution is 2.51. The predicted molar refractivity (Wildman–Crippen MR) is 78.6 cm³/mol. The van der Waals surface area contributed by atoms with Gasteiger partial charge in [0.15, 0.2) is 0 Å². The molecule has 0 amide bonds. The standard InChI is InChI=1S/C17H27N/c1-13(2)11-14(3)12-16(18)17(9-10-17)15-7-5-4-6-8-15/h4-8,13-14,16H,9-12,18H2,1-3H3. The summed E-state index contributed by atoms with van der Waals surface area (Å²) in [4.78, 5) is 0. The molecule has 0 aliphatic heterocycles. The summed E-state index contributed by atoms with van der Waals surface area (Å²) in [6.45, 7) is 6.94. The van der Waals surface area contributed by atoms with Crippen LogP contribution in [-0.2, 0) is 5.41 Å². The highest BCUT2D eigenvalue weighted by molar-refractivity contribution is 5.33. The van der Waals surface area contributed by atoms with Crippen LogP contribution in [0.2, 0.25) is 0 Å². The lowest BCUT2D eigenvalue weighted by Crippen LogP contribution is -2.36. The fourth-order valence-electron chi connectivity index (χ4n) is 3.34. The van der Waals surface area contributed by atoms with Gasteiger partial charge >= 0.3 is 0 Å². The zero-order chi connectivity index (χ0) is 13.2. The van der Waals surface area contributed by atoms with E-state index in [4.69, 9.17) is 5.73 Å². The van der Waals surface area contributed by atoms with Crippen molar-refractivity contribution in [2.75, 3.05) is 0 Å². The minimum atomic E-state index is 0.298. The Balaban J connectivity index is 1.99. The van der Waals surface area contributed by atoms with Gasteiger partial charge in [-0.05, 0) is 43.1 Å². The fourth-order valence-corrected chi connectivity index (χ4v) is 3.34. The van der Waals surface area contributed by atoms with Crippen molar-refractivity contribution in [1.29, 1.82) is 0 Å². The highest BCUT2D eigenvalue weighted by atomic mass is 14.7. The van der Waals surface area contributed by atoms with Gasteiger partial charge in [0.25, 0.3) is 0 Å². The summed E-state index contributed by atoms with van der Waals surface area (Å²) in [6.07, 6.45) is 4.99. The molecule has 1 fully saturated rings. The average molecular weight is 245 g/mol. The maximum atomic E-state index is 6.52. The van der Waals surface area contributed by atoms with Crippen molar-refractivity contribution in [3.63, 3.8) is 0 Å². The van der Waals surface area contributed by atoms with E-state index >= 15 is 0 Å². The lowest BCUT2D eigenvalue weighted by Gasteiger charge is -2.27. The van der Waals surface area contributed by atoms with Gasteiger partial charge in [0.2, 0.25) is 0 Å². The first-order chi connectivity index (χ1) is 8.54. The van der Waals surface area contributed by atoms with Crippen LogP contribution in [-0.4, -0.2) is 6.04 Å². The molecule has 0 saturated heterocycles. The Morgan fingerprint density at radius 3 is 2.17 bits per heavy atom. The van der Waals surface area contributed by atoms with Crippen molar-refractivity contribution in [1.82, 2.24) is 0 Å². The molecule has 1 nitrogen and oxygen atoms in total. The molecule has 2 rings (SSSR count). The number of hydrogen-bond donors (Lipinski definition) is 1. The molecule has 0 bridgehead atoms. The summed E-state index contributed by atoms with van der Waals surface area (Å²) in [5, 5.41) is 0. The third-order valence-corrected chi connectivity index (χ3v) is 4.38. The summed E-state index contributed by atoms with van der Waals surface area (Å²) in [7, 11) is 0. The first-order valence-corrected chi connectivity index (χ1v) is 7.35. The first-order valence-electron chi connectivity index (χ1n) is 7.35. The molecule has 2 unspecified atom stereocenters. The van der Waals surface area contributed by atoms with Gasteiger partial charge in [-0.15, -0.1) is 0 Å². The summed E-state index contributed by atoms with van der Waals surface area (Å²) in [5.41, 5.74) is 8.27. The van der Waals surface area contributed by atoms with Crippen molar-refractivity contribution in [3.8, 4) is 0 Å². The summed E-state index contributed by atoms with van der Waals surface area (Å²) >= 11 is 0. The van der Waals surface area contributed by atoms with Crippen LogP contribution in [0.4, 0.5) is 0 Å². The molecule has 2 N–H and O–H groups in total. The molecule has 1 aromatic rings. The second-order valence-corrected chi connectivity index (χ2v) is 6.60. The van der Waals surface area contributed by atoms with E-state index in [-0.39, 0.29) is 0 Å². The van der Waals surface area contributed by atoms with Crippen LogP contribution < -0.4 is 5.73 Å². The number of nitrogens with two attached hydrogens (primary N) is 1. The quantitative estimate of drug-likeness (QED) is 0.801. The van der Waals surface area contributed by atoms with Crippen LogP contribution in [0, 0.1) is 11.8 Å². The number of hydrogen-bond acceptors (Lipinski definition) is 1. The van der Waals surface area contributed by atoms with Gasteiger partial charge in [-0.25, -0.2) is 0 Å². The van der Waals surface area contributed by atoms with Gasteiger partial charge < -0.3 is 5.73 Å². The molecule has 2 atom stereocenters. The average Bonchev–Trinajstić information content (AvgIpc) is 3.10. The molecule has 1 saturated carbocycles. The Hall–Kier alpha value is -0.820. The predicted octanol–water partition coefficient (Wildman–Crippen LogP) is 4.12. The second-order valence-electron chi connectivity index (χ2n) is 6.60. The topological polar surface area (TPSA) is 26.0 Å². The summed E-state index contributed by atoms with van der Waals surface area (Å²) < 4.78 is 0. The van der Waals surface area contributed by atoms with E-state index in [9.17, 15) is 0 Å². The maximum Gasteiger partial charge on any atom is 0.0139 e. The van der Waals surface area contributed by atoms with Crippen molar-refractivity contribution >= 4 is 0 Å². The maximum absolute atomic E-state index is 6.52. The summed E-state index contributed by atoms with van der Waals surface area (Å²) in [5.74, 6) is 1.51. The molecule has 0 spiro atoms. The molecular weight excluding hydrogens is 218 g/mol. The Bertz CT molecular complexity index is 364. The molecule has 1 aliphatic carbocycles. The lowest BCUT2D eigenvalue weighted by atomic mass is 9.82. The zero-order valence-corrected chi connectivity index (χ0v) is 12.0. The van der Waals surface area contributed by atoms with Gasteiger partial charge in [0.1, 0.15) is 0 Å². The van der Waals surface area contributed by atoms with Crippen LogP contribution in [0.15, 0.2) is 30.3 Å². The molecule has 1 aromatic carbocycles. The van der Waals surface area contributed by atoms with Crippen molar-refractivity contribution < 1.29 is 0 Å². The minimum absolute atomic E-state index is 0.298. The Morgan fingerprint density at radius 2 is 1.67 bits per heavy atom. The van der Waals surface area contributed by atoms with Crippen LogP contribution in [0.3, 0.4) is 0 Å². The Kier molecular flexibility index (Phi) is 4.11. The third kappa shape index (κ3) is 2.95. The van der Waals surface area contributed by atoms with E-state index in [1.54, 1.807) is 0 Å². The van der Waals surface area contributed by atoms with Crippen LogP contribution in [0.5, 0.6) is 0 Å². The van der Waals surface area contributed by atoms with Crippen LogP contribution in [0.1, 0.15) is 52.0 Å². The monoisotopic (exact) mass is 245 g/mol. The normalized spacial score (nSPS) is 20.7. The third-order valence-electron chi connectivity index (χ3n) is 4.38. The van der Waals surface area contributed by atoms with Gasteiger partial charge in [-0.1, -0.05) is 51.1 Å². The van der Waals surface area contributed by atoms with Gasteiger partial charge in [-0.2, -0.15) is 0 Å². The Labute approximate surface area is 112 Å². The molecule has 18 heavy (non-hydrogen) atoms. The molecule has 100 valence electrons. The van der Waals surface area contributed by atoms with Crippen LogP contribution >= 0.6 is 0 Å². The van der Waals surface area contributed by atoms with E-state index in [0.29, 0.717) is 11.5 Å². The smallest absolute Gasteiger partial charge is 0.0139 e. The van der Waals surface area contributed by atoms with Crippen molar-refractivity contribution in [2.45, 2.75) is 57.9 Å². The zero-order valence-electron chi connectivity index (χ0n) is 12.0. The SMILES string of the molecule is CC(C)CC(C)CC(N)C1(c2ccccc2)CC1. The van der Waals surface area contributed by atoms with Crippen molar-refractivity contribution in [3.05, 3.63) is 35.9 Å². The van der Waals surface area contributed by atoms with Gasteiger partial charge in [0, 0.05) is 11.5 Å². The van der Waals surface area contributed by atoms with E-state index in [0.717, 1.165) is 18.3 Å². The minimum Gasteiger partial charge on any atom is -0.327 e. The van der Waals surface area contributed by atoms with E-state index in [2.05, 4.69) is 51.1 Å². The largest absolute Gasteiger partial charge is 0.327 e. The molecule has 1 aliphatic rings. The first kappa shape index (κ1) is 13.6. The molecule has 0 radical (unpaired) electrons. The summed E-state index contributed by atoms with van der Waals surface area (Å²) in [6, 6.07) is 11.2. The van der Waals surface area contributed by atoms with Crippen LogP contribution in [0.25, 0.3) is 0 Å². The van der Waals surface area contributed by atoms with Gasteiger partial charge in [0.05, 0.1) is 0 Å². The molecule has 0 aromatic heterocycles. The molecule has 0 heterocycles. The van der Waals surface area contributed by atoms with E-state index in [1.807, 2.05) is 0 Å². The van der Waals surface area contributed by atoms with E-state index < -0.39 is 0 Å². The lowest BCUT2D eigenvalue weighted by molar-refractivity contribution is 0.351. The number of rotatable bonds is 6. The fraction of sp³-hybridized carbons (Fsp3) is 0.647. The van der Waals surface area contributed by atoms with Gasteiger partial charge in [-0.3, -0.25) is 0 Å².